The molecule has 0 saturated carbocycles. The topological polar surface area (TPSA) is 12.9 Å². The molecule has 0 atom stereocenters. The van der Waals surface area contributed by atoms with Gasteiger partial charge in [0.05, 0.1) is 5.69 Å². The van der Waals surface area contributed by atoms with E-state index in [-0.39, 0.29) is 0 Å². The van der Waals surface area contributed by atoms with Gasteiger partial charge in [-0.05, 0) is 0 Å². The van der Waals surface area contributed by atoms with E-state index < -0.39 is 0 Å². The summed E-state index contributed by atoms with van der Waals surface area (Å²) in [7, 11) is 0. The summed E-state index contributed by atoms with van der Waals surface area (Å²) in [5.74, 6) is 0. The summed E-state index contributed by atoms with van der Waals surface area (Å²) in [6.45, 7) is 0. The summed E-state index contributed by atoms with van der Waals surface area (Å²) in [5.41, 5.74) is 2.38. The van der Waals surface area contributed by atoms with Crippen LogP contribution < -0.4 is 0 Å². The lowest BCUT2D eigenvalue weighted by atomic mass is 10.2. The van der Waals surface area contributed by atoms with E-state index in [1.807, 2.05) is 18.2 Å². The number of halogens is 1. The first-order valence-electron chi connectivity index (χ1n) is 4.46. The minimum absolute atomic E-state index is 0.977. The van der Waals surface area contributed by atoms with E-state index in [0.29, 0.717) is 0 Å². The number of aromatic nitrogens is 1. The Kier molecular flexibility index (Phi) is 3.32. The van der Waals surface area contributed by atoms with Crippen LogP contribution in [0.3, 0.4) is 0 Å². The number of hydrogen-bond acceptors (Lipinski definition) is 2. The van der Waals surface area contributed by atoms with Gasteiger partial charge in [-0.15, -0.1) is 11.3 Å². The number of alkyl halides is 1. The number of nitrogens with zero attached hydrogens (tertiary/aromatic N) is 1. The molecule has 0 unspecified atom stereocenters. The average molecular weight is 268 g/mol. The molecular formula is C11H10BrNS. The van der Waals surface area contributed by atoms with Gasteiger partial charge in [0.15, 0.2) is 0 Å². The van der Waals surface area contributed by atoms with Crippen LogP contribution >= 0.6 is 27.3 Å². The molecule has 1 heterocycles. The Bertz CT molecular complexity index is 397. The van der Waals surface area contributed by atoms with Crippen molar-refractivity contribution in [3.63, 3.8) is 0 Å². The molecule has 0 bridgehead atoms. The summed E-state index contributed by atoms with van der Waals surface area (Å²) in [5, 5.41) is 4.22. The van der Waals surface area contributed by atoms with Crippen LogP contribution in [0.4, 0.5) is 0 Å². The maximum Gasteiger partial charge on any atom is 0.123 e. The minimum Gasteiger partial charge on any atom is -0.241 e. The molecule has 0 aliphatic rings. The normalized spacial score (nSPS) is 10.4. The highest BCUT2D eigenvalue weighted by molar-refractivity contribution is 9.09. The van der Waals surface area contributed by atoms with Crippen LogP contribution in [0.15, 0.2) is 35.7 Å². The van der Waals surface area contributed by atoms with Crippen LogP contribution in [-0.2, 0) is 6.42 Å². The van der Waals surface area contributed by atoms with Crippen molar-refractivity contribution < 1.29 is 0 Å². The predicted octanol–water partition coefficient (Wildman–Crippen LogP) is 3.75. The van der Waals surface area contributed by atoms with Crippen LogP contribution in [0.25, 0.3) is 10.6 Å². The first-order chi connectivity index (χ1) is 6.90. The lowest BCUT2D eigenvalue weighted by Crippen LogP contribution is -1.85. The van der Waals surface area contributed by atoms with Crippen molar-refractivity contribution in [3.05, 3.63) is 41.4 Å². The number of benzene rings is 1. The number of hydrogen-bond donors (Lipinski definition) is 0. The van der Waals surface area contributed by atoms with Crippen molar-refractivity contribution in [3.8, 4) is 10.6 Å². The van der Waals surface area contributed by atoms with Gasteiger partial charge in [0.2, 0.25) is 0 Å². The Balaban J connectivity index is 2.25. The molecule has 0 aliphatic heterocycles. The molecule has 72 valence electrons. The summed E-state index contributed by atoms with van der Waals surface area (Å²) in [6, 6.07) is 10.3. The Morgan fingerprint density at radius 2 is 2.00 bits per heavy atom. The molecular weight excluding hydrogens is 258 g/mol. The maximum absolute atomic E-state index is 4.56. The lowest BCUT2D eigenvalue weighted by molar-refractivity contribution is 1.09. The zero-order valence-corrected chi connectivity index (χ0v) is 10.0. The van der Waals surface area contributed by atoms with Gasteiger partial charge in [-0.3, -0.25) is 0 Å². The van der Waals surface area contributed by atoms with Gasteiger partial charge in [-0.25, -0.2) is 4.98 Å². The third-order valence-corrected chi connectivity index (χ3v) is 3.26. The van der Waals surface area contributed by atoms with Gasteiger partial charge in [0.1, 0.15) is 5.01 Å². The third kappa shape index (κ3) is 2.22. The molecule has 0 spiro atoms. The molecule has 2 aromatic rings. The molecule has 3 heteroatoms. The summed E-state index contributed by atoms with van der Waals surface area (Å²) >= 11 is 5.13. The van der Waals surface area contributed by atoms with E-state index in [4.69, 9.17) is 0 Å². The molecule has 1 nitrogen and oxygen atoms in total. The molecule has 0 radical (unpaired) electrons. The number of thiazole rings is 1. The van der Waals surface area contributed by atoms with Gasteiger partial charge >= 0.3 is 0 Å². The van der Waals surface area contributed by atoms with Crippen molar-refractivity contribution >= 4 is 27.3 Å². The van der Waals surface area contributed by atoms with Gasteiger partial charge in [0, 0.05) is 22.7 Å². The summed E-state index contributed by atoms with van der Waals surface area (Å²) in [4.78, 5) is 4.56. The summed E-state index contributed by atoms with van der Waals surface area (Å²) < 4.78 is 0. The molecule has 0 fully saturated rings. The van der Waals surface area contributed by atoms with Crippen LogP contribution in [-0.4, -0.2) is 10.3 Å². The first-order valence-corrected chi connectivity index (χ1v) is 6.46. The predicted molar refractivity (Wildman–Crippen MR) is 65.0 cm³/mol. The molecule has 1 aromatic heterocycles. The third-order valence-electron chi connectivity index (χ3n) is 1.92. The first kappa shape index (κ1) is 9.87. The zero-order valence-electron chi connectivity index (χ0n) is 7.61. The van der Waals surface area contributed by atoms with Gasteiger partial charge in [-0.2, -0.15) is 0 Å². The van der Waals surface area contributed by atoms with Crippen molar-refractivity contribution in [2.24, 2.45) is 0 Å². The Hall–Kier alpha value is -0.670. The van der Waals surface area contributed by atoms with E-state index in [1.165, 1.54) is 11.3 Å². The fourth-order valence-electron chi connectivity index (χ4n) is 1.23. The molecule has 0 N–H and O–H groups in total. The van der Waals surface area contributed by atoms with Gasteiger partial charge < -0.3 is 0 Å². The van der Waals surface area contributed by atoms with Crippen molar-refractivity contribution in [2.75, 3.05) is 5.33 Å². The lowest BCUT2D eigenvalue weighted by Gasteiger charge is -1.93. The zero-order chi connectivity index (χ0) is 9.80. The number of aryl methyl sites for hydroxylation is 1. The van der Waals surface area contributed by atoms with E-state index in [2.05, 4.69) is 38.4 Å². The SMILES string of the molecule is BrCCc1csc(-c2ccccc2)n1. The smallest absolute Gasteiger partial charge is 0.123 e. The van der Waals surface area contributed by atoms with E-state index in [1.54, 1.807) is 11.3 Å². The highest BCUT2D eigenvalue weighted by Gasteiger charge is 2.02. The van der Waals surface area contributed by atoms with E-state index in [9.17, 15) is 0 Å². The van der Waals surface area contributed by atoms with Gasteiger partial charge in [-0.1, -0.05) is 46.3 Å². The van der Waals surface area contributed by atoms with Crippen molar-refractivity contribution in [2.45, 2.75) is 6.42 Å². The fraction of sp³-hybridized carbons (Fsp3) is 0.182. The van der Waals surface area contributed by atoms with Crippen LogP contribution in [0.5, 0.6) is 0 Å². The van der Waals surface area contributed by atoms with E-state index in [0.717, 1.165) is 16.8 Å². The second kappa shape index (κ2) is 4.71. The second-order valence-corrected chi connectivity index (χ2v) is 4.60. The van der Waals surface area contributed by atoms with Gasteiger partial charge in [0.25, 0.3) is 0 Å². The molecule has 0 aliphatic carbocycles. The quantitative estimate of drug-likeness (QED) is 0.772. The molecule has 0 amide bonds. The fourth-order valence-corrected chi connectivity index (χ4v) is 2.50. The molecule has 2 rings (SSSR count). The van der Waals surface area contributed by atoms with Crippen LogP contribution in [0.2, 0.25) is 0 Å². The molecule has 14 heavy (non-hydrogen) atoms. The number of rotatable bonds is 3. The monoisotopic (exact) mass is 267 g/mol. The van der Waals surface area contributed by atoms with Crippen molar-refractivity contribution in [1.82, 2.24) is 4.98 Å². The summed E-state index contributed by atoms with van der Waals surface area (Å²) in [6.07, 6.45) is 1.00. The standard InChI is InChI=1S/C11H10BrNS/c12-7-6-10-8-14-11(13-10)9-4-2-1-3-5-9/h1-5,8H,6-7H2. The Labute approximate surface area is 95.9 Å². The van der Waals surface area contributed by atoms with Crippen LogP contribution in [0, 0.1) is 0 Å². The molecule has 0 saturated heterocycles. The van der Waals surface area contributed by atoms with E-state index >= 15 is 0 Å². The highest BCUT2D eigenvalue weighted by atomic mass is 79.9. The largest absolute Gasteiger partial charge is 0.241 e. The highest BCUT2D eigenvalue weighted by Crippen LogP contribution is 2.23. The Morgan fingerprint density at radius 3 is 2.71 bits per heavy atom. The Morgan fingerprint density at radius 1 is 1.21 bits per heavy atom. The minimum atomic E-state index is 0.977. The van der Waals surface area contributed by atoms with Crippen molar-refractivity contribution in [1.29, 1.82) is 0 Å². The maximum atomic E-state index is 4.56. The molecule has 1 aromatic carbocycles. The van der Waals surface area contributed by atoms with Crippen LogP contribution in [0.1, 0.15) is 5.69 Å². The second-order valence-electron chi connectivity index (χ2n) is 2.95. The average Bonchev–Trinajstić information content (AvgIpc) is 2.68.